The van der Waals surface area contributed by atoms with Gasteiger partial charge >= 0.3 is 11.5 Å². The van der Waals surface area contributed by atoms with E-state index < -0.39 is 22.2 Å². The molecule has 0 saturated heterocycles. The maximum atomic E-state index is 12.0. The summed E-state index contributed by atoms with van der Waals surface area (Å²) in [6, 6.07) is 7.61. The van der Waals surface area contributed by atoms with Crippen molar-refractivity contribution in [2.24, 2.45) is 0 Å². The zero-order valence-electron chi connectivity index (χ0n) is 9.38. The van der Waals surface area contributed by atoms with Crippen molar-refractivity contribution < 1.29 is 19.2 Å². The van der Waals surface area contributed by atoms with Gasteiger partial charge in [0.25, 0.3) is 5.78 Å². The van der Waals surface area contributed by atoms with Crippen LogP contribution in [0.3, 0.4) is 0 Å². The average Bonchev–Trinajstić information content (AvgIpc) is 2.36. The summed E-state index contributed by atoms with van der Waals surface area (Å²) >= 11 is 0. The highest BCUT2D eigenvalue weighted by molar-refractivity contribution is 6.14. The van der Waals surface area contributed by atoms with Gasteiger partial charge in [-0.05, 0) is 0 Å². The van der Waals surface area contributed by atoms with E-state index in [0.717, 1.165) is 14.0 Å². The maximum Gasteiger partial charge on any atom is 0.392 e. The molecule has 1 aromatic rings. The Morgan fingerprint density at radius 3 is 2.24 bits per heavy atom. The van der Waals surface area contributed by atoms with Crippen molar-refractivity contribution in [2.75, 3.05) is 7.11 Å². The topological polar surface area (TPSA) is 86.5 Å². The number of benzene rings is 1. The number of ether oxygens (including phenoxy) is 1. The summed E-state index contributed by atoms with van der Waals surface area (Å²) in [6.07, 6.45) is 0. The summed E-state index contributed by atoms with van der Waals surface area (Å²) in [5.74, 6) is -2.08. The van der Waals surface area contributed by atoms with Crippen molar-refractivity contribution in [2.45, 2.75) is 12.5 Å². The lowest BCUT2D eigenvalue weighted by atomic mass is 9.92. The van der Waals surface area contributed by atoms with Gasteiger partial charge in [-0.25, -0.2) is 4.79 Å². The van der Waals surface area contributed by atoms with E-state index in [2.05, 4.69) is 4.74 Å². The fourth-order valence-electron chi connectivity index (χ4n) is 1.32. The number of esters is 1. The van der Waals surface area contributed by atoms with Crippen LogP contribution in [0.15, 0.2) is 30.3 Å². The van der Waals surface area contributed by atoms with Crippen LogP contribution in [-0.4, -0.2) is 29.3 Å². The molecule has 1 atom stereocenters. The first-order chi connectivity index (χ1) is 7.94. The molecule has 0 aromatic heterocycles. The number of carbonyl (C=O) groups is 2. The molecule has 90 valence electrons. The number of hydrogen-bond donors (Lipinski definition) is 0. The van der Waals surface area contributed by atoms with Gasteiger partial charge in [0, 0.05) is 17.4 Å². The SMILES string of the molecule is COC(=O)C(C)(C(=O)c1ccccc1)[N+](=O)[O-]. The molecule has 1 rings (SSSR count). The Labute approximate surface area is 97.3 Å². The fourth-order valence-corrected chi connectivity index (χ4v) is 1.32. The number of nitrogens with zero attached hydrogens (tertiary/aromatic N) is 1. The number of Topliss-reactive ketones (excluding diaryl/α,β-unsaturated/α-hetero) is 1. The van der Waals surface area contributed by atoms with Crippen LogP contribution in [0.4, 0.5) is 0 Å². The second-order valence-electron chi connectivity index (χ2n) is 3.52. The first-order valence-electron chi connectivity index (χ1n) is 4.77. The van der Waals surface area contributed by atoms with Crippen LogP contribution in [0.25, 0.3) is 0 Å². The molecule has 17 heavy (non-hydrogen) atoms. The van der Waals surface area contributed by atoms with E-state index in [-0.39, 0.29) is 5.56 Å². The van der Waals surface area contributed by atoms with E-state index >= 15 is 0 Å². The molecule has 0 radical (unpaired) electrons. The number of methoxy groups -OCH3 is 1. The van der Waals surface area contributed by atoms with Gasteiger partial charge in [-0.2, -0.15) is 0 Å². The lowest BCUT2D eigenvalue weighted by Gasteiger charge is -2.16. The molecule has 0 aliphatic rings. The summed E-state index contributed by atoms with van der Waals surface area (Å²) in [6.45, 7) is 0.939. The van der Waals surface area contributed by atoms with Crippen LogP contribution in [0, 0.1) is 10.1 Å². The van der Waals surface area contributed by atoms with Crippen molar-refractivity contribution in [3.8, 4) is 0 Å². The molecule has 0 N–H and O–H groups in total. The molecule has 0 bridgehead atoms. The van der Waals surface area contributed by atoms with Gasteiger partial charge in [0.2, 0.25) is 0 Å². The molecule has 0 heterocycles. The summed E-state index contributed by atoms with van der Waals surface area (Å²) in [5.41, 5.74) is -2.31. The first-order valence-corrected chi connectivity index (χ1v) is 4.77. The molecule has 0 aliphatic carbocycles. The van der Waals surface area contributed by atoms with Crippen LogP contribution in [-0.2, 0) is 9.53 Å². The highest BCUT2D eigenvalue weighted by atomic mass is 16.6. The molecule has 0 saturated carbocycles. The van der Waals surface area contributed by atoms with Crippen molar-refractivity contribution in [3.63, 3.8) is 0 Å². The third kappa shape index (κ3) is 2.15. The Kier molecular flexibility index (Phi) is 3.57. The Morgan fingerprint density at radius 1 is 1.29 bits per heavy atom. The van der Waals surface area contributed by atoms with E-state index in [1.54, 1.807) is 18.2 Å². The molecule has 1 aromatic carbocycles. The van der Waals surface area contributed by atoms with E-state index in [1.165, 1.54) is 12.1 Å². The van der Waals surface area contributed by atoms with Crippen molar-refractivity contribution in [3.05, 3.63) is 46.0 Å². The Bertz CT molecular complexity index is 456. The number of hydrogen-bond acceptors (Lipinski definition) is 5. The van der Waals surface area contributed by atoms with Gasteiger partial charge in [-0.3, -0.25) is 14.9 Å². The highest BCUT2D eigenvalue weighted by Gasteiger charge is 2.55. The van der Waals surface area contributed by atoms with E-state index in [0.29, 0.717) is 0 Å². The summed E-state index contributed by atoms with van der Waals surface area (Å²) in [4.78, 5) is 33.4. The second kappa shape index (κ2) is 4.73. The van der Waals surface area contributed by atoms with Gasteiger partial charge in [-0.15, -0.1) is 0 Å². The minimum atomic E-state index is -2.41. The minimum absolute atomic E-state index is 0.0945. The smallest absolute Gasteiger partial charge is 0.392 e. The van der Waals surface area contributed by atoms with Gasteiger partial charge in [-0.1, -0.05) is 30.3 Å². The number of carbonyl (C=O) groups excluding carboxylic acids is 2. The van der Waals surface area contributed by atoms with E-state index in [4.69, 9.17) is 0 Å². The summed E-state index contributed by atoms with van der Waals surface area (Å²) < 4.78 is 4.32. The van der Waals surface area contributed by atoms with Gasteiger partial charge in [0.1, 0.15) is 0 Å². The second-order valence-corrected chi connectivity index (χ2v) is 3.52. The zero-order valence-corrected chi connectivity index (χ0v) is 9.38. The van der Waals surface area contributed by atoms with Gasteiger partial charge in [0.15, 0.2) is 0 Å². The lowest BCUT2D eigenvalue weighted by Crippen LogP contribution is -2.51. The summed E-state index contributed by atoms with van der Waals surface area (Å²) in [7, 11) is 1.00. The quantitative estimate of drug-likeness (QED) is 0.257. The van der Waals surface area contributed by atoms with Crippen LogP contribution >= 0.6 is 0 Å². The van der Waals surface area contributed by atoms with E-state index in [1.807, 2.05) is 0 Å². The van der Waals surface area contributed by atoms with Crippen LogP contribution in [0.2, 0.25) is 0 Å². The molecule has 6 heteroatoms. The summed E-state index contributed by atoms with van der Waals surface area (Å²) in [5, 5.41) is 10.9. The third-order valence-electron chi connectivity index (χ3n) is 2.43. The lowest BCUT2D eigenvalue weighted by molar-refractivity contribution is -0.531. The van der Waals surface area contributed by atoms with Crippen molar-refractivity contribution >= 4 is 11.8 Å². The molecular formula is C11H11NO5. The minimum Gasteiger partial charge on any atom is -0.463 e. The van der Waals surface area contributed by atoms with Crippen LogP contribution in [0.1, 0.15) is 17.3 Å². The number of rotatable bonds is 4. The Hall–Kier alpha value is -2.24. The molecule has 6 nitrogen and oxygen atoms in total. The molecule has 0 spiro atoms. The predicted molar refractivity (Wildman–Crippen MR) is 58.2 cm³/mol. The fraction of sp³-hybridized carbons (Fsp3) is 0.273. The number of ketones is 1. The first kappa shape index (κ1) is 12.8. The van der Waals surface area contributed by atoms with Crippen molar-refractivity contribution in [1.82, 2.24) is 0 Å². The van der Waals surface area contributed by atoms with Gasteiger partial charge < -0.3 is 4.74 Å². The van der Waals surface area contributed by atoms with Crippen LogP contribution in [0.5, 0.6) is 0 Å². The Morgan fingerprint density at radius 2 is 1.82 bits per heavy atom. The monoisotopic (exact) mass is 237 g/mol. The molecule has 0 amide bonds. The normalized spacial score (nSPS) is 13.5. The number of nitro groups is 1. The Balaban J connectivity index is 3.22. The van der Waals surface area contributed by atoms with Crippen LogP contribution < -0.4 is 0 Å². The van der Waals surface area contributed by atoms with Crippen molar-refractivity contribution in [1.29, 1.82) is 0 Å². The van der Waals surface area contributed by atoms with Gasteiger partial charge in [0.05, 0.1) is 7.11 Å². The molecule has 0 fully saturated rings. The van der Waals surface area contributed by atoms with E-state index in [9.17, 15) is 19.7 Å². The molecule has 0 aliphatic heterocycles. The zero-order chi connectivity index (χ0) is 13.1. The maximum absolute atomic E-state index is 12.0. The standard InChI is InChI=1S/C11H11NO5/c1-11(12(15)16,10(14)17-2)9(13)8-6-4-3-5-7-8/h3-7H,1-2H3. The largest absolute Gasteiger partial charge is 0.463 e. The molecular weight excluding hydrogens is 226 g/mol. The average molecular weight is 237 g/mol. The predicted octanol–water partition coefficient (Wildman–Crippen LogP) is 1.08. The third-order valence-corrected chi connectivity index (χ3v) is 2.43. The molecule has 1 unspecified atom stereocenters. The highest BCUT2D eigenvalue weighted by Crippen LogP contribution is 2.18.